The summed E-state index contributed by atoms with van der Waals surface area (Å²) in [6.07, 6.45) is 1.41. The Morgan fingerprint density at radius 1 is 1.40 bits per heavy atom. The average molecular weight is 291 g/mol. The molecular weight excluding hydrogens is 280 g/mol. The van der Waals surface area contributed by atoms with E-state index in [-0.39, 0.29) is 5.76 Å². The second-order valence-corrected chi connectivity index (χ2v) is 4.80. The summed E-state index contributed by atoms with van der Waals surface area (Å²) in [5.41, 5.74) is 1.91. The van der Waals surface area contributed by atoms with Crippen LogP contribution in [0.2, 0.25) is 5.02 Å². The number of anilines is 1. The number of aromatic nitrogens is 3. The molecule has 0 spiro atoms. The summed E-state index contributed by atoms with van der Waals surface area (Å²) in [7, 11) is 1.80. The number of hydrogen-bond donors (Lipinski definition) is 1. The molecule has 0 unspecified atom stereocenters. The van der Waals surface area contributed by atoms with Crippen molar-refractivity contribution in [2.24, 2.45) is 7.05 Å². The fraction of sp³-hybridized carbons (Fsp3) is 0.154. The zero-order valence-electron chi connectivity index (χ0n) is 10.8. The van der Waals surface area contributed by atoms with Gasteiger partial charge in [0.15, 0.2) is 5.82 Å². The Labute approximate surface area is 119 Å². The van der Waals surface area contributed by atoms with E-state index >= 15 is 0 Å². The second-order valence-electron chi connectivity index (χ2n) is 4.39. The molecule has 1 aromatic carbocycles. The van der Waals surface area contributed by atoms with Crippen LogP contribution in [0.1, 0.15) is 16.1 Å². The van der Waals surface area contributed by atoms with Gasteiger partial charge in [-0.2, -0.15) is 5.10 Å². The van der Waals surface area contributed by atoms with Gasteiger partial charge >= 0.3 is 0 Å². The molecule has 0 aliphatic rings. The Morgan fingerprint density at radius 3 is 2.90 bits per heavy atom. The number of rotatable bonds is 2. The van der Waals surface area contributed by atoms with Gasteiger partial charge in [-0.05, 0) is 18.6 Å². The highest BCUT2D eigenvalue weighted by Gasteiger charge is 2.18. The lowest BCUT2D eigenvalue weighted by atomic mass is 10.1. The Morgan fingerprint density at radius 2 is 2.20 bits per heavy atom. The van der Waals surface area contributed by atoms with E-state index in [1.165, 1.54) is 12.3 Å². The number of amides is 1. The van der Waals surface area contributed by atoms with Crippen LogP contribution in [0.4, 0.5) is 5.82 Å². The Kier molecular flexibility index (Phi) is 2.94. The normalized spacial score (nSPS) is 10.9. The van der Waals surface area contributed by atoms with E-state index in [1.54, 1.807) is 17.8 Å². The molecular formula is C13H11ClN4O2. The van der Waals surface area contributed by atoms with Gasteiger partial charge in [-0.25, -0.2) is 0 Å². The Bertz CT molecular complexity index is 792. The van der Waals surface area contributed by atoms with Crippen LogP contribution >= 0.6 is 11.6 Å². The molecule has 2 aromatic heterocycles. The Balaban J connectivity index is 2.09. The van der Waals surface area contributed by atoms with Crippen molar-refractivity contribution in [2.45, 2.75) is 6.92 Å². The lowest BCUT2D eigenvalue weighted by molar-refractivity contribution is 0.0987. The Hall–Kier alpha value is -2.34. The zero-order valence-corrected chi connectivity index (χ0v) is 11.6. The molecule has 2 heterocycles. The molecule has 3 rings (SSSR count). The van der Waals surface area contributed by atoms with Crippen LogP contribution in [0.25, 0.3) is 10.9 Å². The van der Waals surface area contributed by atoms with Gasteiger partial charge in [-0.15, -0.1) is 0 Å². The van der Waals surface area contributed by atoms with Gasteiger partial charge in [0, 0.05) is 13.1 Å². The molecule has 1 N–H and O–H groups in total. The number of nitrogens with one attached hydrogen (secondary N) is 1. The van der Waals surface area contributed by atoms with Gasteiger partial charge in [0.05, 0.1) is 22.1 Å². The molecule has 3 aromatic rings. The quantitative estimate of drug-likeness (QED) is 0.787. The minimum absolute atomic E-state index is 0.118. The number of nitrogens with zero attached hydrogens (tertiary/aromatic N) is 3. The summed E-state index contributed by atoms with van der Waals surface area (Å²) in [6, 6.07) is 5.17. The predicted octanol–water partition coefficient (Wildman–Crippen LogP) is 2.78. The molecule has 0 aliphatic carbocycles. The van der Waals surface area contributed by atoms with Gasteiger partial charge in [0.1, 0.15) is 0 Å². The highest BCUT2D eigenvalue weighted by atomic mass is 35.5. The number of aryl methyl sites for hydroxylation is 2. The van der Waals surface area contributed by atoms with Gasteiger partial charge < -0.3 is 9.84 Å². The first kappa shape index (κ1) is 12.7. The van der Waals surface area contributed by atoms with Gasteiger partial charge in [0.25, 0.3) is 5.91 Å². The molecule has 0 saturated heterocycles. The minimum atomic E-state index is -0.417. The summed E-state index contributed by atoms with van der Waals surface area (Å²) in [4.78, 5) is 12.0. The molecule has 102 valence electrons. The number of carbonyl (C=O) groups is 1. The SMILES string of the molecule is Cc1ccc(Cl)c2c(NC(=O)c3ccno3)nn(C)c12. The van der Waals surface area contributed by atoms with Gasteiger partial charge in [-0.3, -0.25) is 9.48 Å². The van der Waals surface area contributed by atoms with Crippen molar-refractivity contribution in [1.29, 1.82) is 0 Å². The van der Waals surface area contributed by atoms with Crippen molar-refractivity contribution in [2.75, 3.05) is 5.32 Å². The van der Waals surface area contributed by atoms with Crippen LogP contribution in [0.3, 0.4) is 0 Å². The summed E-state index contributed by atoms with van der Waals surface area (Å²) >= 11 is 6.22. The topological polar surface area (TPSA) is 73.0 Å². The van der Waals surface area contributed by atoms with E-state index in [0.717, 1.165) is 11.1 Å². The third kappa shape index (κ3) is 1.94. The monoisotopic (exact) mass is 290 g/mol. The van der Waals surface area contributed by atoms with Crippen molar-refractivity contribution in [3.05, 3.63) is 40.7 Å². The van der Waals surface area contributed by atoms with E-state index in [4.69, 9.17) is 16.1 Å². The lowest BCUT2D eigenvalue weighted by Gasteiger charge is -2.02. The van der Waals surface area contributed by atoms with E-state index in [2.05, 4.69) is 15.6 Å². The molecule has 0 radical (unpaired) electrons. The van der Waals surface area contributed by atoms with E-state index in [1.807, 2.05) is 13.0 Å². The largest absolute Gasteiger partial charge is 0.351 e. The summed E-state index contributed by atoms with van der Waals surface area (Å²) < 4.78 is 6.50. The van der Waals surface area contributed by atoms with Crippen LogP contribution in [0.15, 0.2) is 28.9 Å². The third-order valence-electron chi connectivity index (χ3n) is 3.03. The molecule has 0 saturated carbocycles. The molecule has 0 fully saturated rings. The number of fused-ring (bicyclic) bond motifs is 1. The van der Waals surface area contributed by atoms with E-state index < -0.39 is 5.91 Å². The first-order valence-electron chi connectivity index (χ1n) is 5.92. The predicted molar refractivity (Wildman–Crippen MR) is 74.9 cm³/mol. The van der Waals surface area contributed by atoms with Crippen LogP contribution < -0.4 is 5.32 Å². The number of carbonyl (C=O) groups excluding carboxylic acids is 1. The molecule has 7 heteroatoms. The van der Waals surface area contributed by atoms with Gasteiger partial charge in [0.2, 0.25) is 5.76 Å². The smallest absolute Gasteiger partial charge is 0.295 e. The third-order valence-corrected chi connectivity index (χ3v) is 3.35. The number of benzene rings is 1. The minimum Gasteiger partial charge on any atom is -0.351 e. The first-order valence-corrected chi connectivity index (χ1v) is 6.29. The number of halogens is 1. The molecule has 6 nitrogen and oxygen atoms in total. The molecule has 1 amide bonds. The molecule has 20 heavy (non-hydrogen) atoms. The fourth-order valence-electron chi connectivity index (χ4n) is 2.15. The van der Waals surface area contributed by atoms with Crippen molar-refractivity contribution in [1.82, 2.24) is 14.9 Å². The molecule has 0 aliphatic heterocycles. The van der Waals surface area contributed by atoms with Crippen LogP contribution in [-0.4, -0.2) is 20.8 Å². The molecule has 0 atom stereocenters. The lowest BCUT2D eigenvalue weighted by Crippen LogP contribution is -2.11. The number of hydrogen-bond acceptors (Lipinski definition) is 4. The van der Waals surface area contributed by atoms with E-state index in [0.29, 0.717) is 16.2 Å². The van der Waals surface area contributed by atoms with E-state index in [9.17, 15) is 4.79 Å². The maximum atomic E-state index is 12.0. The fourth-order valence-corrected chi connectivity index (χ4v) is 2.39. The standard InChI is InChI=1S/C13H11ClN4O2/c1-7-3-4-8(14)10-11(7)18(2)17-12(10)16-13(19)9-5-6-15-20-9/h3-6H,1-2H3,(H,16,17,19). The van der Waals surface area contributed by atoms with Crippen LogP contribution in [0, 0.1) is 6.92 Å². The highest BCUT2D eigenvalue weighted by molar-refractivity contribution is 6.36. The van der Waals surface area contributed by atoms with Gasteiger partial charge in [-0.1, -0.05) is 22.8 Å². The highest BCUT2D eigenvalue weighted by Crippen LogP contribution is 2.32. The average Bonchev–Trinajstić information content (AvgIpc) is 3.03. The summed E-state index contributed by atoms with van der Waals surface area (Å²) in [5.74, 6) is 0.102. The maximum absolute atomic E-state index is 12.0. The van der Waals surface area contributed by atoms with Crippen molar-refractivity contribution in [3.8, 4) is 0 Å². The summed E-state index contributed by atoms with van der Waals surface area (Å²) in [5, 5.41) is 11.7. The van der Waals surface area contributed by atoms with Crippen LogP contribution in [0.5, 0.6) is 0 Å². The molecule has 0 bridgehead atoms. The second kappa shape index (κ2) is 4.64. The first-order chi connectivity index (χ1) is 9.58. The van der Waals surface area contributed by atoms with Crippen molar-refractivity contribution < 1.29 is 9.32 Å². The summed E-state index contributed by atoms with van der Waals surface area (Å²) in [6.45, 7) is 1.96. The van der Waals surface area contributed by atoms with Crippen LogP contribution in [-0.2, 0) is 7.05 Å². The van der Waals surface area contributed by atoms with Crippen molar-refractivity contribution >= 4 is 34.2 Å². The maximum Gasteiger partial charge on any atom is 0.295 e. The zero-order chi connectivity index (χ0) is 14.3. The van der Waals surface area contributed by atoms with Crippen molar-refractivity contribution in [3.63, 3.8) is 0 Å².